The Hall–Kier alpha value is -2.13. The number of hydrogen-bond donors (Lipinski definition) is 0. The molecule has 2 aliphatic rings. The average molecular weight is 340 g/mol. The summed E-state index contributed by atoms with van der Waals surface area (Å²) in [6.45, 7) is -0.00206. The third-order valence-electron chi connectivity index (χ3n) is 3.96. The number of amides is 2. The van der Waals surface area contributed by atoms with Crippen LogP contribution in [0.2, 0.25) is 0 Å². The van der Waals surface area contributed by atoms with Crippen LogP contribution in [0.15, 0.2) is 29.2 Å². The van der Waals surface area contributed by atoms with Crippen LogP contribution in [0, 0.1) is 0 Å². The van der Waals surface area contributed by atoms with E-state index >= 15 is 0 Å². The molecule has 0 saturated carbocycles. The Labute approximate surface area is 133 Å². The summed E-state index contributed by atoms with van der Waals surface area (Å²) in [7, 11) is -2.36. The summed E-state index contributed by atoms with van der Waals surface area (Å²) in [5.41, 5.74) is 0. The average Bonchev–Trinajstić information content (AvgIpc) is 3.14. The fourth-order valence-electron chi connectivity index (χ4n) is 2.83. The zero-order chi connectivity index (χ0) is 16.6. The molecule has 3 rings (SSSR count). The van der Waals surface area contributed by atoms with Gasteiger partial charge >= 0.3 is 6.09 Å². The number of imide groups is 1. The van der Waals surface area contributed by atoms with E-state index in [-0.39, 0.29) is 30.3 Å². The molecule has 0 spiro atoms. The van der Waals surface area contributed by atoms with Crippen molar-refractivity contribution in [2.24, 2.45) is 0 Å². The normalized spacial score (nSPS) is 22.5. The molecule has 124 valence electrons. The first-order valence-corrected chi connectivity index (χ1v) is 8.51. The SMILES string of the molecule is COc1ccccc1S(=O)(=O)N1CC[C@H](N2C(=O)COC2=O)C1. The number of rotatable bonds is 4. The Morgan fingerprint density at radius 1 is 1.26 bits per heavy atom. The zero-order valence-electron chi connectivity index (χ0n) is 12.5. The predicted octanol–water partition coefficient (Wildman–Crippen LogP) is 0.437. The van der Waals surface area contributed by atoms with Gasteiger partial charge in [0.05, 0.1) is 13.2 Å². The fraction of sp³-hybridized carbons (Fsp3) is 0.429. The Kier molecular flexibility index (Phi) is 3.99. The van der Waals surface area contributed by atoms with Gasteiger partial charge in [-0.1, -0.05) is 12.1 Å². The van der Waals surface area contributed by atoms with Gasteiger partial charge < -0.3 is 9.47 Å². The number of hydrogen-bond acceptors (Lipinski definition) is 6. The highest BCUT2D eigenvalue weighted by Gasteiger charge is 2.43. The molecule has 9 heteroatoms. The maximum Gasteiger partial charge on any atom is 0.417 e. The van der Waals surface area contributed by atoms with Crippen molar-refractivity contribution in [3.63, 3.8) is 0 Å². The first kappa shape index (κ1) is 15.8. The summed E-state index contributed by atoms with van der Waals surface area (Å²) in [6, 6.07) is 5.84. The maximum atomic E-state index is 12.8. The van der Waals surface area contributed by atoms with Gasteiger partial charge in [0.15, 0.2) is 6.61 Å². The molecule has 1 atom stereocenters. The number of carbonyl (C=O) groups excluding carboxylic acids is 2. The lowest BCUT2D eigenvalue weighted by molar-refractivity contribution is -0.127. The summed E-state index contributed by atoms with van der Waals surface area (Å²) in [6.07, 6.45) is -0.327. The van der Waals surface area contributed by atoms with E-state index in [1.54, 1.807) is 18.2 Å². The quantitative estimate of drug-likeness (QED) is 0.789. The van der Waals surface area contributed by atoms with E-state index < -0.39 is 28.1 Å². The zero-order valence-corrected chi connectivity index (χ0v) is 13.3. The molecular formula is C14H16N2O6S. The van der Waals surface area contributed by atoms with Gasteiger partial charge in [-0.05, 0) is 18.6 Å². The van der Waals surface area contributed by atoms with E-state index in [1.165, 1.54) is 17.5 Å². The number of benzene rings is 1. The predicted molar refractivity (Wildman–Crippen MR) is 78.4 cm³/mol. The largest absolute Gasteiger partial charge is 0.495 e. The number of nitrogens with zero attached hydrogens (tertiary/aromatic N) is 2. The van der Waals surface area contributed by atoms with E-state index in [9.17, 15) is 18.0 Å². The molecule has 2 amide bonds. The lowest BCUT2D eigenvalue weighted by Gasteiger charge is -2.21. The monoisotopic (exact) mass is 340 g/mol. The van der Waals surface area contributed by atoms with Gasteiger partial charge in [0.2, 0.25) is 10.0 Å². The van der Waals surface area contributed by atoms with Crippen molar-refractivity contribution < 1.29 is 27.5 Å². The second kappa shape index (κ2) is 5.82. The minimum Gasteiger partial charge on any atom is -0.495 e. The molecule has 1 aromatic carbocycles. The van der Waals surface area contributed by atoms with Crippen molar-refractivity contribution >= 4 is 22.0 Å². The van der Waals surface area contributed by atoms with Crippen molar-refractivity contribution in [2.45, 2.75) is 17.4 Å². The third kappa shape index (κ3) is 2.66. The van der Waals surface area contributed by atoms with Crippen molar-refractivity contribution in [2.75, 3.05) is 26.8 Å². The van der Waals surface area contributed by atoms with E-state index in [0.717, 1.165) is 4.90 Å². The van der Waals surface area contributed by atoms with Crippen LogP contribution >= 0.6 is 0 Å². The van der Waals surface area contributed by atoms with Crippen LogP contribution in [-0.4, -0.2) is 62.5 Å². The van der Waals surface area contributed by atoms with Crippen LogP contribution < -0.4 is 4.74 Å². The number of carbonyl (C=O) groups is 2. The number of ether oxygens (including phenoxy) is 2. The molecular weight excluding hydrogens is 324 g/mol. The molecule has 0 radical (unpaired) electrons. The number of sulfonamides is 1. The third-order valence-corrected chi connectivity index (χ3v) is 5.87. The van der Waals surface area contributed by atoms with Crippen LogP contribution in [0.1, 0.15) is 6.42 Å². The molecule has 1 aromatic rings. The van der Waals surface area contributed by atoms with Crippen LogP contribution in [0.25, 0.3) is 0 Å². The highest BCUT2D eigenvalue weighted by Crippen LogP contribution is 2.30. The molecule has 2 fully saturated rings. The van der Waals surface area contributed by atoms with Gasteiger partial charge in [-0.15, -0.1) is 0 Å². The second-order valence-electron chi connectivity index (χ2n) is 5.27. The first-order valence-electron chi connectivity index (χ1n) is 7.07. The van der Waals surface area contributed by atoms with Crippen molar-refractivity contribution in [1.82, 2.24) is 9.21 Å². The molecule has 0 bridgehead atoms. The molecule has 2 heterocycles. The Bertz CT molecular complexity index is 731. The van der Waals surface area contributed by atoms with Crippen molar-refractivity contribution in [3.8, 4) is 5.75 Å². The number of cyclic esters (lactones) is 1. The van der Waals surface area contributed by atoms with Gasteiger partial charge in [0.1, 0.15) is 10.6 Å². The van der Waals surface area contributed by atoms with E-state index in [1.807, 2.05) is 0 Å². The van der Waals surface area contributed by atoms with Gasteiger partial charge in [-0.3, -0.25) is 4.79 Å². The molecule has 23 heavy (non-hydrogen) atoms. The van der Waals surface area contributed by atoms with Gasteiger partial charge in [-0.2, -0.15) is 4.31 Å². The highest BCUT2D eigenvalue weighted by atomic mass is 32.2. The maximum absolute atomic E-state index is 12.8. The summed E-state index contributed by atoms with van der Waals surface area (Å²) in [4.78, 5) is 24.4. The van der Waals surface area contributed by atoms with E-state index in [4.69, 9.17) is 4.74 Å². The van der Waals surface area contributed by atoms with Crippen LogP contribution in [-0.2, 0) is 19.6 Å². The molecule has 2 saturated heterocycles. The van der Waals surface area contributed by atoms with Gasteiger partial charge in [0, 0.05) is 13.1 Å². The molecule has 0 unspecified atom stereocenters. The van der Waals surface area contributed by atoms with E-state index in [0.29, 0.717) is 6.42 Å². The van der Waals surface area contributed by atoms with Gasteiger partial charge in [-0.25, -0.2) is 18.1 Å². The highest BCUT2D eigenvalue weighted by molar-refractivity contribution is 7.89. The topological polar surface area (TPSA) is 93.2 Å². The van der Waals surface area contributed by atoms with Crippen LogP contribution in [0.4, 0.5) is 4.79 Å². The fourth-order valence-corrected chi connectivity index (χ4v) is 4.48. The lowest BCUT2D eigenvalue weighted by atomic mass is 10.2. The van der Waals surface area contributed by atoms with E-state index in [2.05, 4.69) is 4.74 Å². The summed E-state index contributed by atoms with van der Waals surface area (Å²) in [5, 5.41) is 0. The van der Waals surface area contributed by atoms with Crippen molar-refractivity contribution in [1.29, 1.82) is 0 Å². The molecule has 0 aromatic heterocycles. The molecule has 0 aliphatic carbocycles. The minimum absolute atomic E-state index is 0.0568. The summed E-state index contributed by atoms with van der Waals surface area (Å²) in [5.74, 6) is -0.177. The Morgan fingerprint density at radius 2 is 2.00 bits per heavy atom. The minimum atomic E-state index is -3.76. The Morgan fingerprint density at radius 3 is 2.65 bits per heavy atom. The second-order valence-corrected chi connectivity index (χ2v) is 7.18. The van der Waals surface area contributed by atoms with Crippen LogP contribution in [0.5, 0.6) is 5.75 Å². The molecule has 0 N–H and O–H groups in total. The first-order chi connectivity index (χ1) is 10.9. The Balaban J connectivity index is 1.83. The summed E-state index contributed by atoms with van der Waals surface area (Å²) < 4.78 is 36.6. The van der Waals surface area contributed by atoms with Gasteiger partial charge in [0.25, 0.3) is 5.91 Å². The molecule has 8 nitrogen and oxygen atoms in total. The van der Waals surface area contributed by atoms with Crippen molar-refractivity contribution in [3.05, 3.63) is 24.3 Å². The number of para-hydroxylation sites is 1. The number of methoxy groups -OCH3 is 1. The smallest absolute Gasteiger partial charge is 0.417 e. The standard InChI is InChI=1S/C14H16N2O6S/c1-21-11-4-2-3-5-12(11)23(19,20)15-7-6-10(8-15)16-13(17)9-22-14(16)18/h2-5,10H,6-9H2,1H3/t10-/m0/s1. The molecule has 2 aliphatic heterocycles. The lowest BCUT2D eigenvalue weighted by Crippen LogP contribution is -2.42. The van der Waals surface area contributed by atoms with Crippen LogP contribution in [0.3, 0.4) is 0 Å². The summed E-state index contributed by atoms with van der Waals surface area (Å²) >= 11 is 0.